The van der Waals surface area contributed by atoms with Crippen molar-refractivity contribution in [1.82, 2.24) is 0 Å². The zero-order chi connectivity index (χ0) is 21.6. The van der Waals surface area contributed by atoms with Crippen LogP contribution in [-0.4, -0.2) is 16.8 Å². The Bertz CT molecular complexity index is 1140. The van der Waals surface area contributed by atoms with Gasteiger partial charge in [0.15, 0.2) is 11.4 Å². The van der Waals surface area contributed by atoms with Crippen LogP contribution in [0.2, 0.25) is 5.02 Å². The van der Waals surface area contributed by atoms with E-state index in [-0.39, 0.29) is 18.7 Å². The molecule has 0 spiro atoms. The van der Waals surface area contributed by atoms with Gasteiger partial charge in [0, 0.05) is 15.1 Å². The van der Waals surface area contributed by atoms with Gasteiger partial charge < -0.3 is 14.4 Å². The number of hydrogen-bond donors (Lipinski definition) is 1. The quantitative estimate of drug-likeness (QED) is 0.494. The third-order valence-electron chi connectivity index (χ3n) is 5.40. The van der Waals surface area contributed by atoms with Crippen LogP contribution >= 0.6 is 27.5 Å². The van der Waals surface area contributed by atoms with Gasteiger partial charge in [-0.3, -0.25) is 9.59 Å². The molecule has 1 aliphatic rings. The highest BCUT2D eigenvalue weighted by atomic mass is 79.9. The summed E-state index contributed by atoms with van der Waals surface area (Å²) in [5.74, 6) is -0.398. The third-order valence-corrected chi connectivity index (χ3v) is 6.15. The first-order valence-corrected chi connectivity index (χ1v) is 10.5. The van der Waals surface area contributed by atoms with E-state index in [1.165, 1.54) is 11.2 Å². The third kappa shape index (κ3) is 3.49. The molecule has 1 amide bonds. The van der Waals surface area contributed by atoms with Crippen LogP contribution in [0.1, 0.15) is 39.2 Å². The molecule has 2 heterocycles. The van der Waals surface area contributed by atoms with Crippen molar-refractivity contribution in [2.45, 2.75) is 32.4 Å². The van der Waals surface area contributed by atoms with Crippen LogP contribution in [-0.2, 0) is 16.9 Å². The summed E-state index contributed by atoms with van der Waals surface area (Å²) in [6, 6.07) is 12.4. The number of fused-ring (bicyclic) bond motifs is 1. The minimum atomic E-state index is -1.96. The fourth-order valence-electron chi connectivity index (χ4n) is 3.93. The number of carbonyl (C=O) groups is 2. The van der Waals surface area contributed by atoms with E-state index >= 15 is 0 Å². The topological polar surface area (TPSA) is 70.7 Å². The molecule has 1 atom stereocenters. The van der Waals surface area contributed by atoms with Crippen LogP contribution in [0, 0.1) is 13.8 Å². The highest BCUT2D eigenvalue weighted by Gasteiger charge is 2.51. The maximum atomic E-state index is 13.4. The SMILES string of the molecule is Cc1coc(C)c1C(=O)CC1(O)C(=O)N(Cc2ccc(Cl)cc2)c2ccc(Br)cc21. The summed E-state index contributed by atoms with van der Waals surface area (Å²) in [5.41, 5.74) is 0.970. The summed E-state index contributed by atoms with van der Waals surface area (Å²) in [5, 5.41) is 12.1. The molecule has 2 aromatic carbocycles. The van der Waals surface area contributed by atoms with Crippen molar-refractivity contribution < 1.29 is 19.1 Å². The number of halogens is 2. The van der Waals surface area contributed by atoms with Gasteiger partial charge >= 0.3 is 0 Å². The van der Waals surface area contributed by atoms with Gasteiger partial charge in [-0.05, 0) is 55.3 Å². The van der Waals surface area contributed by atoms with Crippen LogP contribution in [0.3, 0.4) is 0 Å². The summed E-state index contributed by atoms with van der Waals surface area (Å²) in [7, 11) is 0. The Hall–Kier alpha value is -2.41. The molecule has 1 N–H and O–H groups in total. The highest BCUT2D eigenvalue weighted by Crippen LogP contribution is 2.45. The highest BCUT2D eigenvalue weighted by molar-refractivity contribution is 9.10. The first-order valence-electron chi connectivity index (χ1n) is 9.37. The van der Waals surface area contributed by atoms with E-state index in [0.29, 0.717) is 37.6 Å². The molecule has 0 bridgehead atoms. The Morgan fingerprint density at radius 3 is 2.53 bits per heavy atom. The van der Waals surface area contributed by atoms with Crippen molar-refractivity contribution >= 4 is 44.9 Å². The van der Waals surface area contributed by atoms with Gasteiger partial charge in [-0.25, -0.2) is 0 Å². The number of benzene rings is 2. The Morgan fingerprint density at radius 1 is 1.20 bits per heavy atom. The Labute approximate surface area is 187 Å². The Kier molecular flexibility index (Phi) is 5.34. The van der Waals surface area contributed by atoms with E-state index in [1.807, 2.05) is 12.1 Å². The van der Waals surface area contributed by atoms with Gasteiger partial charge in [0.25, 0.3) is 5.91 Å². The Balaban J connectivity index is 1.73. The predicted molar refractivity (Wildman–Crippen MR) is 118 cm³/mol. The molecule has 5 nitrogen and oxygen atoms in total. The molecule has 4 rings (SSSR count). The van der Waals surface area contributed by atoms with Gasteiger partial charge in [0.2, 0.25) is 0 Å². The normalized spacial score (nSPS) is 18.0. The number of aliphatic hydroxyl groups is 1. The molecule has 1 aromatic heterocycles. The average Bonchev–Trinajstić information content (AvgIpc) is 3.13. The lowest BCUT2D eigenvalue weighted by atomic mass is 9.87. The second kappa shape index (κ2) is 7.69. The molecule has 0 fully saturated rings. The van der Waals surface area contributed by atoms with Crippen molar-refractivity contribution in [3.8, 4) is 0 Å². The number of carbonyl (C=O) groups excluding carboxylic acids is 2. The van der Waals surface area contributed by atoms with Crippen LogP contribution in [0.15, 0.2) is 57.6 Å². The second-order valence-corrected chi connectivity index (χ2v) is 8.84. The van der Waals surface area contributed by atoms with E-state index in [0.717, 1.165) is 5.56 Å². The maximum absolute atomic E-state index is 13.4. The van der Waals surface area contributed by atoms with Crippen LogP contribution in [0.25, 0.3) is 0 Å². The van der Waals surface area contributed by atoms with Crippen LogP contribution < -0.4 is 4.90 Å². The summed E-state index contributed by atoms with van der Waals surface area (Å²) in [4.78, 5) is 27.9. The van der Waals surface area contributed by atoms with E-state index < -0.39 is 11.5 Å². The molecule has 1 aliphatic heterocycles. The Morgan fingerprint density at radius 2 is 1.90 bits per heavy atom. The first kappa shape index (κ1) is 20.8. The molecule has 154 valence electrons. The van der Waals surface area contributed by atoms with Crippen LogP contribution in [0.4, 0.5) is 5.69 Å². The molecular formula is C23H19BrClNO4. The van der Waals surface area contributed by atoms with Crippen molar-refractivity contribution in [2.24, 2.45) is 0 Å². The van der Waals surface area contributed by atoms with Gasteiger partial charge in [0.1, 0.15) is 5.76 Å². The molecule has 1 unspecified atom stereocenters. The zero-order valence-corrected chi connectivity index (χ0v) is 18.8. The number of furan rings is 1. The molecular weight excluding hydrogens is 470 g/mol. The van der Waals surface area contributed by atoms with E-state index in [1.54, 1.807) is 44.2 Å². The van der Waals surface area contributed by atoms with Crippen molar-refractivity contribution in [2.75, 3.05) is 4.90 Å². The molecule has 0 saturated carbocycles. The van der Waals surface area contributed by atoms with Crippen LogP contribution in [0.5, 0.6) is 0 Å². The maximum Gasteiger partial charge on any atom is 0.264 e. The number of amides is 1. The van der Waals surface area contributed by atoms with Gasteiger partial charge in [-0.2, -0.15) is 0 Å². The summed E-state index contributed by atoms with van der Waals surface area (Å²) in [6.07, 6.45) is 1.13. The fraction of sp³-hybridized carbons (Fsp3) is 0.217. The summed E-state index contributed by atoms with van der Waals surface area (Å²) >= 11 is 9.37. The lowest BCUT2D eigenvalue weighted by Gasteiger charge is -2.23. The fourth-order valence-corrected chi connectivity index (χ4v) is 4.42. The van der Waals surface area contributed by atoms with E-state index in [4.69, 9.17) is 16.0 Å². The lowest BCUT2D eigenvalue weighted by Crippen LogP contribution is -2.41. The number of aryl methyl sites for hydroxylation is 2. The number of nitrogens with zero attached hydrogens (tertiary/aromatic N) is 1. The smallest absolute Gasteiger partial charge is 0.264 e. The molecule has 30 heavy (non-hydrogen) atoms. The molecule has 7 heteroatoms. The minimum Gasteiger partial charge on any atom is -0.469 e. The summed E-state index contributed by atoms with van der Waals surface area (Å²) in [6.45, 7) is 3.71. The molecule has 0 aliphatic carbocycles. The molecule has 0 saturated heterocycles. The number of Topliss-reactive ketones (excluding diaryl/α,β-unsaturated/α-hetero) is 1. The number of hydrogen-bond acceptors (Lipinski definition) is 4. The largest absolute Gasteiger partial charge is 0.469 e. The molecule has 0 radical (unpaired) electrons. The number of ketones is 1. The first-order chi connectivity index (χ1) is 14.2. The van der Waals surface area contributed by atoms with Gasteiger partial charge in [0.05, 0.1) is 30.5 Å². The monoisotopic (exact) mass is 487 g/mol. The van der Waals surface area contributed by atoms with Gasteiger partial charge in [-0.15, -0.1) is 0 Å². The van der Waals surface area contributed by atoms with E-state index in [9.17, 15) is 14.7 Å². The zero-order valence-electron chi connectivity index (χ0n) is 16.4. The van der Waals surface area contributed by atoms with E-state index in [2.05, 4.69) is 15.9 Å². The standard InChI is InChI=1S/C23H19BrClNO4/c1-13-12-30-14(2)21(13)20(27)10-23(29)18-9-16(24)5-8-19(18)26(22(23)28)11-15-3-6-17(25)7-4-15/h3-9,12,29H,10-11H2,1-2H3. The van der Waals surface area contributed by atoms with Gasteiger partial charge in [-0.1, -0.05) is 39.7 Å². The van der Waals surface area contributed by atoms with Crippen molar-refractivity contribution in [3.05, 3.63) is 86.2 Å². The van der Waals surface area contributed by atoms with Crippen molar-refractivity contribution in [1.29, 1.82) is 0 Å². The second-order valence-electron chi connectivity index (χ2n) is 7.49. The van der Waals surface area contributed by atoms with Crippen molar-refractivity contribution in [3.63, 3.8) is 0 Å². The summed E-state index contributed by atoms with van der Waals surface area (Å²) < 4.78 is 6.03. The average molecular weight is 489 g/mol. The molecule has 3 aromatic rings. The minimum absolute atomic E-state index is 0.255. The predicted octanol–water partition coefficient (Wildman–Crippen LogP) is 5.32. The number of anilines is 1. The number of rotatable bonds is 5. The lowest BCUT2D eigenvalue weighted by molar-refractivity contribution is -0.136.